The first-order chi connectivity index (χ1) is 14.0. The summed E-state index contributed by atoms with van der Waals surface area (Å²) in [6.07, 6.45) is 4.69. The molecular formula is C22H19BrFN3O2. The van der Waals surface area contributed by atoms with Crippen molar-refractivity contribution in [1.82, 2.24) is 15.3 Å². The Labute approximate surface area is 176 Å². The maximum atomic E-state index is 14.7. The van der Waals surface area contributed by atoms with Crippen molar-refractivity contribution in [2.24, 2.45) is 0 Å². The van der Waals surface area contributed by atoms with E-state index in [4.69, 9.17) is 4.74 Å². The molecule has 0 saturated heterocycles. The first-order valence-electron chi connectivity index (χ1n) is 9.34. The third kappa shape index (κ3) is 4.15. The molecule has 1 aromatic heterocycles. The van der Waals surface area contributed by atoms with E-state index >= 15 is 0 Å². The van der Waals surface area contributed by atoms with Crippen LogP contribution in [0.1, 0.15) is 35.7 Å². The smallest absolute Gasteiger partial charge is 0.254 e. The molecule has 1 amide bonds. The molecule has 0 unspecified atom stereocenters. The number of carbonyl (C=O) groups is 1. The second-order valence-corrected chi connectivity index (χ2v) is 7.83. The number of halogens is 2. The SMILES string of the molecule is CCOc1cncc(-c2ccc(C(=O)NC3(c4cccc(Br)c4)CC3)c(F)c2)n1. The van der Waals surface area contributed by atoms with Gasteiger partial charge in [0.2, 0.25) is 5.88 Å². The topological polar surface area (TPSA) is 64.1 Å². The fraction of sp³-hybridized carbons (Fsp3) is 0.227. The zero-order valence-electron chi connectivity index (χ0n) is 15.8. The number of nitrogens with one attached hydrogen (secondary N) is 1. The van der Waals surface area contributed by atoms with Crippen molar-refractivity contribution >= 4 is 21.8 Å². The largest absolute Gasteiger partial charge is 0.477 e. The summed E-state index contributed by atoms with van der Waals surface area (Å²) in [5.74, 6) is -0.661. The summed E-state index contributed by atoms with van der Waals surface area (Å²) in [6, 6.07) is 12.3. The Hall–Kier alpha value is -2.80. The fourth-order valence-electron chi connectivity index (χ4n) is 3.24. The minimum absolute atomic E-state index is 0.00365. The van der Waals surface area contributed by atoms with Crippen molar-refractivity contribution in [3.63, 3.8) is 0 Å². The van der Waals surface area contributed by atoms with Crippen molar-refractivity contribution in [3.05, 3.63) is 76.3 Å². The summed E-state index contributed by atoms with van der Waals surface area (Å²) in [5.41, 5.74) is 1.60. The highest BCUT2D eigenvalue weighted by atomic mass is 79.9. The Kier molecular flexibility index (Phi) is 5.32. The highest BCUT2D eigenvalue weighted by molar-refractivity contribution is 9.10. The molecule has 2 aromatic carbocycles. The van der Waals surface area contributed by atoms with Crippen molar-refractivity contribution < 1.29 is 13.9 Å². The van der Waals surface area contributed by atoms with Crippen molar-refractivity contribution in [3.8, 4) is 17.1 Å². The molecule has 1 aliphatic rings. The number of aromatic nitrogens is 2. The number of hydrogen-bond acceptors (Lipinski definition) is 4. The summed E-state index contributed by atoms with van der Waals surface area (Å²) in [4.78, 5) is 21.1. The lowest BCUT2D eigenvalue weighted by atomic mass is 10.0. The summed E-state index contributed by atoms with van der Waals surface area (Å²) in [5, 5.41) is 3.01. The predicted molar refractivity (Wildman–Crippen MR) is 111 cm³/mol. The van der Waals surface area contributed by atoms with Crippen LogP contribution in [0.15, 0.2) is 59.3 Å². The minimum atomic E-state index is -0.603. The van der Waals surface area contributed by atoms with E-state index in [0.29, 0.717) is 23.7 Å². The molecule has 3 aromatic rings. The van der Waals surface area contributed by atoms with Gasteiger partial charge < -0.3 is 10.1 Å². The predicted octanol–water partition coefficient (Wildman–Crippen LogP) is 4.86. The zero-order chi connectivity index (χ0) is 20.4. The molecule has 29 heavy (non-hydrogen) atoms. The lowest BCUT2D eigenvalue weighted by Crippen LogP contribution is -2.35. The minimum Gasteiger partial charge on any atom is -0.477 e. The Morgan fingerprint density at radius 1 is 1.24 bits per heavy atom. The normalized spacial score (nSPS) is 14.3. The van der Waals surface area contributed by atoms with Gasteiger partial charge >= 0.3 is 0 Å². The number of nitrogens with zero attached hydrogens (tertiary/aromatic N) is 2. The Morgan fingerprint density at radius 3 is 2.76 bits per heavy atom. The summed E-state index contributed by atoms with van der Waals surface area (Å²) >= 11 is 3.46. The maximum Gasteiger partial charge on any atom is 0.254 e. The number of carbonyl (C=O) groups excluding carboxylic acids is 1. The molecule has 1 saturated carbocycles. The number of amides is 1. The summed E-state index contributed by atoms with van der Waals surface area (Å²) < 4.78 is 21.0. The molecule has 0 bridgehead atoms. The van der Waals surface area contributed by atoms with E-state index in [2.05, 4.69) is 31.2 Å². The molecule has 1 heterocycles. The quantitative estimate of drug-likeness (QED) is 0.576. The van der Waals surface area contributed by atoms with Crippen LogP contribution in [0.2, 0.25) is 0 Å². The average molecular weight is 456 g/mol. The van der Waals surface area contributed by atoms with Gasteiger partial charge in [-0.3, -0.25) is 9.78 Å². The van der Waals surface area contributed by atoms with Gasteiger partial charge in [-0.2, -0.15) is 0 Å². The molecule has 1 fully saturated rings. The lowest BCUT2D eigenvalue weighted by Gasteiger charge is -2.19. The van der Waals surface area contributed by atoms with Gasteiger partial charge in [0.25, 0.3) is 5.91 Å². The van der Waals surface area contributed by atoms with Crippen molar-refractivity contribution in [2.45, 2.75) is 25.3 Å². The molecule has 148 valence electrons. The van der Waals surface area contributed by atoms with E-state index < -0.39 is 17.3 Å². The van der Waals surface area contributed by atoms with Crippen LogP contribution in [0.5, 0.6) is 5.88 Å². The van der Waals surface area contributed by atoms with E-state index in [1.165, 1.54) is 24.5 Å². The highest BCUT2D eigenvalue weighted by Gasteiger charge is 2.46. The maximum absolute atomic E-state index is 14.7. The van der Waals surface area contributed by atoms with Crippen LogP contribution in [0.4, 0.5) is 4.39 Å². The zero-order valence-corrected chi connectivity index (χ0v) is 17.4. The van der Waals surface area contributed by atoms with Gasteiger partial charge in [-0.25, -0.2) is 9.37 Å². The van der Waals surface area contributed by atoms with Gasteiger partial charge in [-0.05, 0) is 49.6 Å². The molecule has 0 spiro atoms. The lowest BCUT2D eigenvalue weighted by molar-refractivity contribution is 0.0926. The molecule has 0 aliphatic heterocycles. The van der Waals surface area contributed by atoms with Crippen molar-refractivity contribution in [2.75, 3.05) is 6.61 Å². The Balaban J connectivity index is 1.55. The Morgan fingerprint density at radius 2 is 2.07 bits per heavy atom. The van der Waals surface area contributed by atoms with E-state index in [1.54, 1.807) is 6.07 Å². The number of hydrogen-bond donors (Lipinski definition) is 1. The summed E-state index contributed by atoms with van der Waals surface area (Å²) in [7, 11) is 0. The molecular weight excluding hydrogens is 437 g/mol. The fourth-order valence-corrected chi connectivity index (χ4v) is 3.64. The van der Waals surface area contributed by atoms with E-state index in [9.17, 15) is 9.18 Å². The number of ether oxygens (including phenoxy) is 1. The third-order valence-corrected chi connectivity index (χ3v) is 5.39. The molecule has 0 radical (unpaired) electrons. The van der Waals surface area contributed by atoms with Crippen LogP contribution in [-0.4, -0.2) is 22.5 Å². The van der Waals surface area contributed by atoms with Crippen LogP contribution in [-0.2, 0) is 5.54 Å². The number of benzene rings is 2. The molecule has 1 N–H and O–H groups in total. The molecule has 5 nitrogen and oxygen atoms in total. The summed E-state index contributed by atoms with van der Waals surface area (Å²) in [6.45, 7) is 2.31. The highest BCUT2D eigenvalue weighted by Crippen LogP contribution is 2.46. The number of rotatable bonds is 6. The van der Waals surface area contributed by atoms with Gasteiger partial charge in [0.05, 0.1) is 35.8 Å². The standard InChI is InChI=1S/C22H19BrFN3O2/c1-2-29-20-13-25-12-19(26-20)14-6-7-17(18(24)10-14)21(28)27-22(8-9-22)15-4-3-5-16(23)11-15/h3-7,10-13H,2,8-9H2,1H3,(H,27,28). The van der Waals surface area contributed by atoms with Crippen LogP contribution < -0.4 is 10.1 Å². The van der Waals surface area contributed by atoms with Gasteiger partial charge in [0.15, 0.2) is 0 Å². The monoisotopic (exact) mass is 455 g/mol. The van der Waals surface area contributed by atoms with Crippen LogP contribution in [0, 0.1) is 5.82 Å². The van der Waals surface area contributed by atoms with Crippen LogP contribution in [0.25, 0.3) is 11.3 Å². The van der Waals surface area contributed by atoms with Crippen LogP contribution in [0.3, 0.4) is 0 Å². The van der Waals surface area contributed by atoms with Crippen LogP contribution >= 0.6 is 15.9 Å². The van der Waals surface area contributed by atoms with Gasteiger partial charge in [-0.15, -0.1) is 0 Å². The van der Waals surface area contributed by atoms with E-state index in [1.807, 2.05) is 31.2 Å². The third-order valence-electron chi connectivity index (χ3n) is 4.89. The Bertz CT molecular complexity index is 1070. The second-order valence-electron chi connectivity index (χ2n) is 6.92. The first kappa shape index (κ1) is 19.5. The molecule has 4 rings (SSSR count). The van der Waals surface area contributed by atoms with Crippen molar-refractivity contribution in [1.29, 1.82) is 0 Å². The first-order valence-corrected chi connectivity index (χ1v) is 10.1. The van der Waals surface area contributed by atoms with Gasteiger partial charge in [-0.1, -0.05) is 34.1 Å². The average Bonchev–Trinajstić information content (AvgIpc) is 3.49. The van der Waals surface area contributed by atoms with Gasteiger partial charge in [0.1, 0.15) is 5.82 Å². The molecule has 7 heteroatoms. The van der Waals surface area contributed by atoms with E-state index in [0.717, 1.165) is 22.9 Å². The van der Waals surface area contributed by atoms with Gasteiger partial charge in [0, 0.05) is 10.0 Å². The second kappa shape index (κ2) is 7.91. The van der Waals surface area contributed by atoms with E-state index in [-0.39, 0.29) is 5.56 Å². The molecule has 0 atom stereocenters. The molecule has 1 aliphatic carbocycles.